The van der Waals surface area contributed by atoms with Crippen LogP contribution >= 0.6 is 12.2 Å². The maximum absolute atomic E-state index is 5.66. The number of morpholine rings is 1. The predicted molar refractivity (Wildman–Crippen MR) is 97.7 cm³/mol. The molecule has 0 bridgehead atoms. The lowest BCUT2D eigenvalue weighted by Gasteiger charge is -2.29. The molecule has 0 unspecified atom stereocenters. The molecule has 2 aromatic carbocycles. The van der Waals surface area contributed by atoms with Crippen molar-refractivity contribution in [3.8, 4) is 17.2 Å². The van der Waals surface area contributed by atoms with Crippen LogP contribution in [-0.2, 0) is 4.74 Å². The average molecular weight is 347 g/mol. The average Bonchev–Trinajstić information content (AvgIpc) is 2.65. The molecule has 128 valence electrons. The number of hydrogen-bond donors (Lipinski definition) is 0. The van der Waals surface area contributed by atoms with Crippen LogP contribution in [0.4, 0.5) is 0 Å². The quantitative estimate of drug-likeness (QED) is 0.792. The molecule has 24 heavy (non-hydrogen) atoms. The van der Waals surface area contributed by atoms with Gasteiger partial charge in [0.05, 0.1) is 34.5 Å². The maximum atomic E-state index is 5.66. The third-order valence-electron chi connectivity index (χ3n) is 4.19. The van der Waals surface area contributed by atoms with Gasteiger partial charge in [0, 0.05) is 24.0 Å². The fraction of sp³-hybridized carbons (Fsp3) is 0.389. The Bertz CT molecular complexity index is 756. The Morgan fingerprint density at radius 1 is 1.00 bits per heavy atom. The van der Waals surface area contributed by atoms with Gasteiger partial charge in [-0.1, -0.05) is 18.3 Å². The second kappa shape index (κ2) is 7.23. The van der Waals surface area contributed by atoms with E-state index in [0.29, 0.717) is 30.5 Å². The molecule has 0 saturated carbocycles. The van der Waals surface area contributed by atoms with Gasteiger partial charge in [-0.25, -0.2) is 0 Å². The molecule has 2 aromatic rings. The molecular formula is C18H21NO4S. The van der Waals surface area contributed by atoms with Gasteiger partial charge in [0.15, 0.2) is 11.5 Å². The van der Waals surface area contributed by atoms with Crippen LogP contribution in [0.25, 0.3) is 10.8 Å². The number of fused-ring (bicyclic) bond motifs is 1. The summed E-state index contributed by atoms with van der Waals surface area (Å²) in [6.45, 7) is 3.08. The summed E-state index contributed by atoms with van der Waals surface area (Å²) >= 11 is 5.66. The summed E-state index contributed by atoms with van der Waals surface area (Å²) in [5.41, 5.74) is 1.01. The third kappa shape index (κ3) is 2.99. The third-order valence-corrected chi connectivity index (χ3v) is 4.68. The summed E-state index contributed by atoms with van der Waals surface area (Å²) in [5, 5.41) is 1.96. The van der Waals surface area contributed by atoms with E-state index in [-0.39, 0.29) is 0 Å². The highest BCUT2D eigenvalue weighted by molar-refractivity contribution is 7.80. The van der Waals surface area contributed by atoms with Crippen LogP contribution in [0.3, 0.4) is 0 Å². The number of rotatable bonds is 4. The summed E-state index contributed by atoms with van der Waals surface area (Å²) in [6, 6.07) is 8.05. The highest BCUT2D eigenvalue weighted by atomic mass is 32.1. The molecule has 1 saturated heterocycles. The molecule has 0 N–H and O–H groups in total. The van der Waals surface area contributed by atoms with E-state index in [1.165, 1.54) is 0 Å². The zero-order valence-corrected chi connectivity index (χ0v) is 14.9. The van der Waals surface area contributed by atoms with E-state index in [0.717, 1.165) is 34.4 Å². The van der Waals surface area contributed by atoms with Gasteiger partial charge in [-0.3, -0.25) is 0 Å². The van der Waals surface area contributed by atoms with Crippen LogP contribution in [0.15, 0.2) is 24.3 Å². The molecule has 5 nitrogen and oxygen atoms in total. The lowest BCUT2D eigenvalue weighted by atomic mass is 10.0. The van der Waals surface area contributed by atoms with Crippen molar-refractivity contribution in [3.63, 3.8) is 0 Å². The number of methoxy groups -OCH3 is 3. The monoisotopic (exact) mass is 347 g/mol. The molecule has 1 aliphatic rings. The zero-order chi connectivity index (χ0) is 17.1. The Kier molecular flexibility index (Phi) is 5.06. The van der Waals surface area contributed by atoms with Crippen molar-refractivity contribution in [1.29, 1.82) is 0 Å². The van der Waals surface area contributed by atoms with E-state index in [1.807, 2.05) is 18.2 Å². The fourth-order valence-electron chi connectivity index (χ4n) is 2.96. The lowest BCUT2D eigenvalue weighted by Crippen LogP contribution is -2.40. The second-order valence-corrected chi connectivity index (χ2v) is 5.87. The minimum Gasteiger partial charge on any atom is -0.493 e. The SMILES string of the molecule is COc1cc2cc(C(=S)N3CCOCC3)ccc2c(OC)c1OC. The van der Waals surface area contributed by atoms with Crippen molar-refractivity contribution >= 4 is 28.0 Å². The van der Waals surface area contributed by atoms with Crippen molar-refractivity contribution in [3.05, 3.63) is 29.8 Å². The minimum atomic E-state index is 0.594. The summed E-state index contributed by atoms with van der Waals surface area (Å²) < 4.78 is 21.8. The van der Waals surface area contributed by atoms with Crippen molar-refractivity contribution < 1.29 is 18.9 Å². The Hall–Kier alpha value is -2.05. The van der Waals surface area contributed by atoms with Crippen LogP contribution in [0.1, 0.15) is 5.56 Å². The molecule has 1 aliphatic heterocycles. The van der Waals surface area contributed by atoms with Crippen LogP contribution in [0, 0.1) is 0 Å². The van der Waals surface area contributed by atoms with Gasteiger partial charge in [-0.2, -0.15) is 0 Å². The van der Waals surface area contributed by atoms with E-state index in [9.17, 15) is 0 Å². The van der Waals surface area contributed by atoms with Crippen molar-refractivity contribution in [2.75, 3.05) is 47.6 Å². The van der Waals surface area contributed by atoms with Crippen molar-refractivity contribution in [1.82, 2.24) is 4.90 Å². The maximum Gasteiger partial charge on any atom is 0.203 e. The number of hydrogen-bond acceptors (Lipinski definition) is 5. The molecular weight excluding hydrogens is 326 g/mol. The normalized spacial score (nSPS) is 14.5. The fourth-order valence-corrected chi connectivity index (χ4v) is 3.27. The molecule has 1 fully saturated rings. The van der Waals surface area contributed by atoms with Gasteiger partial charge in [-0.05, 0) is 23.6 Å². The summed E-state index contributed by atoms with van der Waals surface area (Å²) in [4.78, 5) is 3.02. The Balaban J connectivity index is 2.05. The Labute approximate surface area is 147 Å². The number of benzene rings is 2. The van der Waals surface area contributed by atoms with Crippen LogP contribution in [-0.4, -0.2) is 57.5 Å². The highest BCUT2D eigenvalue weighted by Gasteiger charge is 2.19. The molecule has 6 heteroatoms. The first kappa shape index (κ1) is 16.8. The van der Waals surface area contributed by atoms with Gasteiger partial charge in [-0.15, -0.1) is 0 Å². The highest BCUT2D eigenvalue weighted by Crippen LogP contribution is 2.43. The molecule has 0 aromatic heterocycles. The molecule has 0 aliphatic carbocycles. The van der Waals surface area contributed by atoms with Gasteiger partial charge in [0.25, 0.3) is 0 Å². The Morgan fingerprint density at radius 2 is 1.71 bits per heavy atom. The second-order valence-electron chi connectivity index (χ2n) is 5.49. The molecule has 0 radical (unpaired) electrons. The molecule has 3 rings (SSSR count). The van der Waals surface area contributed by atoms with Crippen molar-refractivity contribution in [2.24, 2.45) is 0 Å². The summed E-state index contributed by atoms with van der Waals surface area (Å²) in [6.07, 6.45) is 0. The van der Waals surface area contributed by atoms with Gasteiger partial charge in [0.1, 0.15) is 4.99 Å². The molecule has 1 heterocycles. The minimum absolute atomic E-state index is 0.594. The van der Waals surface area contributed by atoms with Crippen molar-refractivity contribution in [2.45, 2.75) is 0 Å². The number of nitrogens with zero attached hydrogens (tertiary/aromatic N) is 1. The summed E-state index contributed by atoms with van der Waals surface area (Å²) in [5.74, 6) is 1.89. The number of ether oxygens (including phenoxy) is 4. The first-order valence-electron chi connectivity index (χ1n) is 7.79. The lowest BCUT2D eigenvalue weighted by molar-refractivity contribution is 0.0693. The largest absolute Gasteiger partial charge is 0.493 e. The van der Waals surface area contributed by atoms with E-state index < -0.39 is 0 Å². The Morgan fingerprint density at radius 3 is 2.33 bits per heavy atom. The van der Waals surface area contributed by atoms with Gasteiger partial charge in [0.2, 0.25) is 5.75 Å². The zero-order valence-electron chi connectivity index (χ0n) is 14.1. The van der Waals surface area contributed by atoms with E-state index in [2.05, 4.69) is 11.0 Å². The smallest absolute Gasteiger partial charge is 0.203 e. The van der Waals surface area contributed by atoms with Gasteiger partial charge >= 0.3 is 0 Å². The van der Waals surface area contributed by atoms with E-state index in [1.54, 1.807) is 21.3 Å². The van der Waals surface area contributed by atoms with E-state index >= 15 is 0 Å². The molecule has 0 spiro atoms. The molecule has 0 amide bonds. The topological polar surface area (TPSA) is 40.2 Å². The predicted octanol–water partition coefficient (Wildman–Crippen LogP) is 2.87. The summed E-state index contributed by atoms with van der Waals surface area (Å²) in [7, 11) is 4.85. The van der Waals surface area contributed by atoms with E-state index in [4.69, 9.17) is 31.2 Å². The van der Waals surface area contributed by atoms with Gasteiger partial charge < -0.3 is 23.8 Å². The standard InChI is InChI=1S/C18H21NO4S/c1-20-15-11-13-10-12(18(24)19-6-8-23-9-7-19)4-5-14(13)16(21-2)17(15)22-3/h4-5,10-11H,6-9H2,1-3H3. The molecule has 0 atom stereocenters. The first-order valence-corrected chi connectivity index (χ1v) is 8.20. The van der Waals surface area contributed by atoms with Crippen LogP contribution in [0.2, 0.25) is 0 Å². The van der Waals surface area contributed by atoms with Crippen LogP contribution < -0.4 is 14.2 Å². The van der Waals surface area contributed by atoms with Crippen LogP contribution in [0.5, 0.6) is 17.2 Å². The number of thiocarbonyl (C=S) groups is 1. The first-order chi connectivity index (χ1) is 11.7.